The van der Waals surface area contributed by atoms with Crippen LogP contribution in [-0.4, -0.2) is 0 Å². The van der Waals surface area contributed by atoms with Crippen LogP contribution < -0.4 is 0 Å². The summed E-state index contributed by atoms with van der Waals surface area (Å²) in [6.07, 6.45) is 4.37. The summed E-state index contributed by atoms with van der Waals surface area (Å²) in [5.74, 6) is 0. The van der Waals surface area contributed by atoms with Gasteiger partial charge in [0.25, 0.3) is 0 Å². The van der Waals surface area contributed by atoms with Crippen molar-refractivity contribution in [3.8, 4) is 0 Å². The van der Waals surface area contributed by atoms with Crippen LogP contribution in [0.4, 0.5) is 0 Å². The van der Waals surface area contributed by atoms with Gasteiger partial charge < -0.3 is 0 Å². The van der Waals surface area contributed by atoms with Crippen molar-refractivity contribution in [2.24, 2.45) is 0 Å². The predicted octanol–water partition coefficient (Wildman–Crippen LogP) is 4.18. The first-order valence-corrected chi connectivity index (χ1v) is 5.28. The largest absolute Gasteiger partial charge is 0.0642 e. The Morgan fingerprint density at radius 2 is 1.58 bits per heavy atom. The third-order valence-corrected chi connectivity index (χ3v) is 3.31. The van der Waals surface area contributed by atoms with Crippen LogP contribution in [0.3, 0.4) is 0 Å². The van der Waals surface area contributed by atoms with Crippen LogP contribution in [0.1, 0.15) is 18.1 Å². The molecule has 2 rings (SSSR count). The van der Waals surface area contributed by atoms with Gasteiger partial charge >= 0.3 is 0 Å². The van der Waals surface area contributed by atoms with Crippen molar-refractivity contribution in [2.45, 2.75) is 6.92 Å². The van der Waals surface area contributed by atoms with Gasteiger partial charge in [-0.25, -0.2) is 0 Å². The molecule has 0 fully saturated rings. The summed E-state index contributed by atoms with van der Waals surface area (Å²) in [6.45, 7) is 2.11. The van der Waals surface area contributed by atoms with Gasteiger partial charge in [0.15, 0.2) is 0 Å². The third-order valence-electron chi connectivity index (χ3n) is 1.92. The van der Waals surface area contributed by atoms with E-state index in [1.54, 1.807) is 0 Å². The Kier molecular flexibility index (Phi) is 2.13. The minimum absolute atomic E-state index is 1.16. The van der Waals surface area contributed by atoms with Crippen LogP contribution in [0, 0.1) is 6.42 Å². The molecule has 0 N–H and O–H groups in total. The molecule has 1 aromatic rings. The van der Waals surface area contributed by atoms with Gasteiger partial charge in [0.2, 0.25) is 0 Å². The molecule has 2 heteroatoms. The number of hydrogen-bond donors (Lipinski definition) is 0. The van der Waals surface area contributed by atoms with Gasteiger partial charge in [0.1, 0.15) is 0 Å². The Morgan fingerprint density at radius 1 is 1.00 bits per heavy atom. The van der Waals surface area contributed by atoms with Crippen LogP contribution >= 0.6 is 31.9 Å². The Morgan fingerprint density at radius 3 is 2.17 bits per heavy atom. The Balaban J connectivity index is 2.66. The lowest BCUT2D eigenvalue weighted by atomic mass is 10.1. The van der Waals surface area contributed by atoms with Gasteiger partial charge in [-0.1, -0.05) is 43.5 Å². The highest BCUT2D eigenvalue weighted by molar-refractivity contribution is 9.11. The fourth-order valence-electron chi connectivity index (χ4n) is 1.37. The molecule has 0 spiro atoms. The van der Waals surface area contributed by atoms with Crippen LogP contribution in [0.2, 0.25) is 0 Å². The first-order chi connectivity index (χ1) is 5.68. The molecule has 0 atom stereocenters. The van der Waals surface area contributed by atoms with Crippen LogP contribution in [0.5, 0.6) is 0 Å². The maximum Gasteiger partial charge on any atom is 0.0251 e. The topological polar surface area (TPSA) is 0 Å². The summed E-state index contributed by atoms with van der Waals surface area (Å²) in [5.41, 5.74) is 3.86. The molecule has 1 radical (unpaired) electrons. The van der Waals surface area contributed by atoms with E-state index in [-0.39, 0.29) is 0 Å². The summed E-state index contributed by atoms with van der Waals surface area (Å²) in [7, 11) is 0. The van der Waals surface area contributed by atoms with Crippen LogP contribution in [-0.2, 0) is 0 Å². The van der Waals surface area contributed by atoms with E-state index in [9.17, 15) is 0 Å². The van der Waals surface area contributed by atoms with E-state index in [0.717, 1.165) is 8.95 Å². The fourth-order valence-corrected chi connectivity index (χ4v) is 2.29. The Labute approximate surface area is 88.9 Å². The smallest absolute Gasteiger partial charge is 0.0251 e. The highest BCUT2D eigenvalue weighted by atomic mass is 79.9. The Hall–Kier alpha value is -0.0800. The van der Waals surface area contributed by atoms with E-state index in [0.29, 0.717) is 0 Å². The molecular weight excluding hydrogens is 280 g/mol. The number of hydrogen-bond acceptors (Lipinski definition) is 0. The molecule has 0 amide bonds. The van der Waals surface area contributed by atoms with Crippen molar-refractivity contribution in [1.29, 1.82) is 0 Å². The maximum absolute atomic E-state index is 3.52. The predicted molar refractivity (Wildman–Crippen MR) is 58.9 cm³/mol. The minimum Gasteiger partial charge on any atom is -0.0642 e. The molecular formula is C10H7Br2. The van der Waals surface area contributed by atoms with Crippen LogP contribution in [0.25, 0.3) is 6.08 Å². The molecule has 1 aliphatic carbocycles. The SMILES string of the molecule is CC1=Cc2c(Br)ccc(Br)c2[CH]1. The quantitative estimate of drug-likeness (QED) is 0.671. The van der Waals surface area contributed by atoms with Gasteiger partial charge in [0, 0.05) is 15.4 Å². The number of benzene rings is 1. The Bertz CT molecular complexity index is 364. The van der Waals surface area contributed by atoms with E-state index < -0.39 is 0 Å². The van der Waals surface area contributed by atoms with Gasteiger partial charge in [-0.15, -0.1) is 0 Å². The lowest BCUT2D eigenvalue weighted by Gasteiger charge is -2.03. The zero-order chi connectivity index (χ0) is 8.72. The molecule has 0 aromatic heterocycles. The van der Waals surface area contributed by atoms with Crippen molar-refractivity contribution in [2.75, 3.05) is 0 Å². The van der Waals surface area contributed by atoms with Crippen LogP contribution in [0.15, 0.2) is 26.7 Å². The lowest BCUT2D eigenvalue weighted by molar-refractivity contribution is 1.41. The third kappa shape index (κ3) is 1.27. The second kappa shape index (κ2) is 3.00. The highest BCUT2D eigenvalue weighted by Gasteiger charge is 2.15. The van der Waals surface area contributed by atoms with E-state index in [4.69, 9.17) is 0 Å². The standard InChI is InChI=1S/C10H7Br2/c1-6-4-7-8(5-6)10(12)3-2-9(7)11/h2-5H,1H3. The van der Waals surface area contributed by atoms with Crippen molar-refractivity contribution in [3.63, 3.8) is 0 Å². The zero-order valence-electron chi connectivity index (χ0n) is 6.57. The summed E-state index contributed by atoms with van der Waals surface area (Å²) in [5, 5.41) is 0. The van der Waals surface area contributed by atoms with Gasteiger partial charge in [-0.3, -0.25) is 0 Å². The second-order valence-electron chi connectivity index (χ2n) is 2.89. The first-order valence-electron chi connectivity index (χ1n) is 3.69. The summed E-state index contributed by atoms with van der Waals surface area (Å²) in [6, 6.07) is 4.12. The molecule has 0 saturated heterocycles. The molecule has 12 heavy (non-hydrogen) atoms. The fraction of sp³-hybridized carbons (Fsp3) is 0.100. The summed E-state index contributed by atoms with van der Waals surface area (Å²) >= 11 is 7.05. The summed E-state index contributed by atoms with van der Waals surface area (Å²) in [4.78, 5) is 0. The number of fused-ring (bicyclic) bond motifs is 1. The number of rotatable bonds is 0. The molecule has 61 valence electrons. The summed E-state index contributed by atoms with van der Waals surface area (Å²) < 4.78 is 2.32. The van der Waals surface area contributed by atoms with E-state index in [1.165, 1.54) is 16.7 Å². The second-order valence-corrected chi connectivity index (χ2v) is 4.60. The van der Waals surface area contributed by atoms with Gasteiger partial charge in [-0.2, -0.15) is 0 Å². The van der Waals surface area contributed by atoms with E-state index >= 15 is 0 Å². The number of halogens is 2. The molecule has 0 nitrogen and oxygen atoms in total. The molecule has 0 heterocycles. The maximum atomic E-state index is 3.52. The molecule has 1 aromatic carbocycles. The van der Waals surface area contributed by atoms with Crippen molar-refractivity contribution >= 4 is 37.9 Å². The lowest BCUT2D eigenvalue weighted by Crippen LogP contribution is -1.83. The first kappa shape index (κ1) is 8.52. The number of allylic oxidation sites excluding steroid dienone is 1. The van der Waals surface area contributed by atoms with Gasteiger partial charge in [-0.05, 0) is 30.2 Å². The molecule has 0 unspecified atom stereocenters. The molecule has 1 aliphatic rings. The van der Waals surface area contributed by atoms with E-state index in [1.807, 2.05) is 0 Å². The normalized spacial score (nSPS) is 14.4. The molecule has 0 aliphatic heterocycles. The molecule has 0 saturated carbocycles. The van der Waals surface area contributed by atoms with Crippen molar-refractivity contribution < 1.29 is 0 Å². The monoisotopic (exact) mass is 285 g/mol. The molecule has 0 bridgehead atoms. The minimum atomic E-state index is 1.16. The average molecular weight is 287 g/mol. The van der Waals surface area contributed by atoms with E-state index in [2.05, 4.69) is 63.4 Å². The van der Waals surface area contributed by atoms with Gasteiger partial charge in [0.05, 0.1) is 0 Å². The van der Waals surface area contributed by atoms with Crippen molar-refractivity contribution in [1.82, 2.24) is 0 Å². The van der Waals surface area contributed by atoms with Crippen molar-refractivity contribution in [3.05, 3.63) is 44.2 Å². The highest BCUT2D eigenvalue weighted by Crippen LogP contribution is 2.36. The zero-order valence-corrected chi connectivity index (χ0v) is 9.74. The average Bonchev–Trinajstić information content (AvgIpc) is 2.41.